The van der Waals surface area contributed by atoms with Crippen molar-refractivity contribution in [1.29, 1.82) is 0 Å². The molecule has 0 bridgehead atoms. The van der Waals surface area contributed by atoms with Gasteiger partial charge in [0.2, 0.25) is 27.6 Å². The minimum Gasteiger partial charge on any atom is -0.350 e. The quantitative estimate of drug-likeness (QED) is 0.177. The van der Waals surface area contributed by atoms with Crippen LogP contribution >= 0.6 is 0 Å². The van der Waals surface area contributed by atoms with Gasteiger partial charge in [0.05, 0.1) is 11.8 Å². The lowest BCUT2D eigenvalue weighted by Crippen LogP contribution is -2.61. The van der Waals surface area contributed by atoms with Crippen LogP contribution < -0.4 is 21.3 Å². The highest BCUT2D eigenvalue weighted by Crippen LogP contribution is 2.39. The summed E-state index contributed by atoms with van der Waals surface area (Å²) in [7, 11) is -1.98. The number of benzene rings is 1. The number of rotatable bonds is 17. The molecular formula is C39H62N6O7S. The number of fused-ring (bicyclic) bond motifs is 1. The van der Waals surface area contributed by atoms with Crippen molar-refractivity contribution in [3.05, 3.63) is 35.4 Å². The lowest BCUT2D eigenvalue weighted by atomic mass is 9.70. The fourth-order valence-electron chi connectivity index (χ4n) is 8.40. The zero-order valence-corrected chi connectivity index (χ0v) is 33.4. The van der Waals surface area contributed by atoms with E-state index in [0.29, 0.717) is 38.6 Å². The molecule has 5 amide bonds. The predicted octanol–water partition coefficient (Wildman–Crippen LogP) is 3.31. The van der Waals surface area contributed by atoms with Crippen molar-refractivity contribution in [3.8, 4) is 0 Å². The van der Waals surface area contributed by atoms with Crippen LogP contribution in [0.3, 0.4) is 0 Å². The second kappa shape index (κ2) is 18.7. The van der Waals surface area contributed by atoms with Crippen molar-refractivity contribution in [3.63, 3.8) is 0 Å². The second-order valence-corrected chi connectivity index (χ2v) is 18.0. The highest BCUT2D eigenvalue weighted by Gasteiger charge is 2.46. The lowest BCUT2D eigenvalue weighted by Gasteiger charge is -2.42. The van der Waals surface area contributed by atoms with Gasteiger partial charge >= 0.3 is 6.03 Å². The van der Waals surface area contributed by atoms with E-state index in [1.807, 2.05) is 38.1 Å². The highest BCUT2D eigenvalue weighted by molar-refractivity contribution is 7.89. The SMILES string of the molecule is CCCCC(NC(=O)[C@@H]1[C@@H](C)CCN1C(=O)[C@@H](NC(=O)N[C@H](CN(C)S(=O)(=O)CC)C1(C)CCCCC1)C1Cc2ccccc2C1)C(=O)C(=O)NCC. The van der Waals surface area contributed by atoms with Crippen LogP contribution in [0.4, 0.5) is 4.79 Å². The smallest absolute Gasteiger partial charge is 0.315 e. The Labute approximate surface area is 316 Å². The molecule has 1 unspecified atom stereocenters. The van der Waals surface area contributed by atoms with Crippen LogP contribution in [-0.4, -0.2) is 104 Å². The molecule has 1 aromatic rings. The Balaban J connectivity index is 1.60. The van der Waals surface area contributed by atoms with Gasteiger partial charge in [0.1, 0.15) is 12.1 Å². The first kappa shape index (κ1) is 42.2. The van der Waals surface area contributed by atoms with E-state index in [0.717, 1.165) is 49.7 Å². The Morgan fingerprint density at radius 3 is 2.19 bits per heavy atom. The summed E-state index contributed by atoms with van der Waals surface area (Å²) in [6, 6.07) is 4.00. The number of unbranched alkanes of at least 4 members (excludes halogenated alkanes) is 1. The van der Waals surface area contributed by atoms with Gasteiger partial charge in [-0.05, 0) is 80.8 Å². The molecule has 1 saturated heterocycles. The zero-order valence-electron chi connectivity index (χ0n) is 32.5. The van der Waals surface area contributed by atoms with Gasteiger partial charge in [-0.3, -0.25) is 19.2 Å². The summed E-state index contributed by atoms with van der Waals surface area (Å²) in [6.45, 7) is 9.94. The Morgan fingerprint density at radius 2 is 1.60 bits per heavy atom. The molecule has 3 aliphatic rings. The van der Waals surface area contributed by atoms with E-state index in [1.54, 1.807) is 13.8 Å². The number of likely N-dealkylation sites (N-methyl/N-ethyl adjacent to an activating group) is 2. The van der Waals surface area contributed by atoms with E-state index in [4.69, 9.17) is 0 Å². The monoisotopic (exact) mass is 758 g/mol. The molecule has 0 radical (unpaired) electrons. The third-order valence-corrected chi connectivity index (χ3v) is 13.6. The predicted molar refractivity (Wildman–Crippen MR) is 204 cm³/mol. The number of nitrogens with zero attached hydrogens (tertiary/aromatic N) is 2. The topological polar surface area (TPSA) is 174 Å². The van der Waals surface area contributed by atoms with E-state index >= 15 is 0 Å². The Kier molecular flexibility index (Phi) is 14.9. The van der Waals surface area contributed by atoms with Crippen molar-refractivity contribution in [2.75, 3.05) is 32.4 Å². The van der Waals surface area contributed by atoms with Crippen molar-refractivity contribution in [1.82, 2.24) is 30.5 Å². The van der Waals surface area contributed by atoms with E-state index in [-0.39, 0.29) is 42.0 Å². The van der Waals surface area contributed by atoms with E-state index in [9.17, 15) is 32.4 Å². The maximum atomic E-state index is 14.7. The lowest BCUT2D eigenvalue weighted by molar-refractivity contribution is -0.143. The molecule has 5 atom stereocenters. The first-order chi connectivity index (χ1) is 25.1. The number of urea groups is 1. The number of carbonyl (C=O) groups excluding carboxylic acids is 5. The zero-order chi connectivity index (χ0) is 38.9. The summed E-state index contributed by atoms with van der Waals surface area (Å²) in [6.07, 6.45) is 8.08. The number of nitrogens with one attached hydrogen (secondary N) is 4. The van der Waals surface area contributed by atoms with Crippen molar-refractivity contribution in [2.45, 2.75) is 129 Å². The van der Waals surface area contributed by atoms with E-state index in [2.05, 4.69) is 28.2 Å². The van der Waals surface area contributed by atoms with Gasteiger partial charge in [0.25, 0.3) is 5.91 Å². The number of likely N-dealkylation sites (tertiary alicyclic amines) is 1. The van der Waals surface area contributed by atoms with Crippen LogP contribution in [0.5, 0.6) is 0 Å². The van der Waals surface area contributed by atoms with Gasteiger partial charge in [-0.1, -0.05) is 77.1 Å². The van der Waals surface area contributed by atoms with E-state index in [1.165, 1.54) is 16.3 Å². The minimum atomic E-state index is -3.51. The second-order valence-electron chi connectivity index (χ2n) is 15.7. The molecule has 4 N–H and O–H groups in total. The van der Waals surface area contributed by atoms with Gasteiger partial charge in [-0.25, -0.2) is 17.5 Å². The molecule has 2 aliphatic carbocycles. The van der Waals surface area contributed by atoms with Crippen LogP contribution in [0.25, 0.3) is 0 Å². The minimum absolute atomic E-state index is 0.0552. The van der Waals surface area contributed by atoms with Crippen molar-refractivity contribution < 1.29 is 32.4 Å². The molecule has 0 aromatic heterocycles. The Hall–Kier alpha value is -3.52. The van der Waals surface area contributed by atoms with Crippen LogP contribution in [0.1, 0.15) is 104 Å². The molecule has 14 heteroatoms. The summed E-state index contributed by atoms with van der Waals surface area (Å²) < 4.78 is 26.9. The number of hydrogen-bond donors (Lipinski definition) is 4. The average Bonchev–Trinajstić information content (AvgIpc) is 3.75. The van der Waals surface area contributed by atoms with Gasteiger partial charge in [-0.2, -0.15) is 0 Å². The third kappa shape index (κ3) is 10.4. The summed E-state index contributed by atoms with van der Waals surface area (Å²) in [5.74, 6) is -2.91. The molecule has 0 spiro atoms. The van der Waals surface area contributed by atoms with Gasteiger partial charge in [-0.15, -0.1) is 0 Å². The number of amides is 5. The van der Waals surface area contributed by atoms with Gasteiger partial charge in [0, 0.05) is 32.7 Å². The number of hydrogen-bond acceptors (Lipinski definition) is 7. The number of carbonyl (C=O) groups is 5. The molecule has 1 aliphatic heterocycles. The molecule has 1 heterocycles. The number of ketones is 1. The van der Waals surface area contributed by atoms with Gasteiger partial charge < -0.3 is 26.2 Å². The average molecular weight is 759 g/mol. The summed E-state index contributed by atoms with van der Waals surface area (Å²) in [4.78, 5) is 69.9. The van der Waals surface area contributed by atoms with E-state index < -0.39 is 57.8 Å². The Bertz CT molecular complexity index is 1550. The number of sulfonamides is 1. The van der Waals surface area contributed by atoms with Crippen molar-refractivity contribution in [2.24, 2.45) is 17.3 Å². The molecule has 2 fully saturated rings. The molecule has 1 aromatic carbocycles. The molecule has 1 saturated carbocycles. The highest BCUT2D eigenvalue weighted by atomic mass is 32.2. The van der Waals surface area contributed by atoms with Crippen LogP contribution in [0, 0.1) is 17.3 Å². The molecule has 4 rings (SSSR count). The summed E-state index contributed by atoms with van der Waals surface area (Å²) in [5, 5.41) is 11.5. The standard InChI is InChI=1S/C39H62N6O7S/c1-7-10-18-30(34(46)36(48)40-8-2)41-35(47)33-26(4)19-22-45(33)37(49)32(29-23-27-16-12-13-17-28(27)24-29)43-38(50)42-31(25-44(6)53(51,52)9-3)39(5)20-14-11-15-21-39/h12-13,16-17,26,29-33H,7-11,14-15,18-25H2,1-6H3,(H,40,48)(H,41,47)(H2,42,43,50)/t26-,30?,31+,32-,33-/m0/s1. The maximum Gasteiger partial charge on any atom is 0.315 e. The molecule has 296 valence electrons. The first-order valence-corrected chi connectivity index (χ1v) is 21.3. The number of Topliss-reactive ketones (excluding diaryl/α,β-unsaturated/α-hetero) is 1. The van der Waals surface area contributed by atoms with Gasteiger partial charge in [0.15, 0.2) is 0 Å². The first-order valence-electron chi connectivity index (χ1n) is 19.7. The molecule has 13 nitrogen and oxygen atoms in total. The van der Waals surface area contributed by atoms with Crippen LogP contribution in [0.2, 0.25) is 0 Å². The molecular weight excluding hydrogens is 697 g/mol. The van der Waals surface area contributed by atoms with Crippen LogP contribution in [0.15, 0.2) is 24.3 Å². The fourth-order valence-corrected chi connectivity index (χ4v) is 9.22. The van der Waals surface area contributed by atoms with Crippen LogP contribution in [-0.2, 0) is 42.0 Å². The van der Waals surface area contributed by atoms with Crippen molar-refractivity contribution >= 4 is 39.6 Å². The normalized spacial score (nSPS) is 21.7. The largest absolute Gasteiger partial charge is 0.350 e. The summed E-state index contributed by atoms with van der Waals surface area (Å²) in [5.41, 5.74) is 1.86. The Morgan fingerprint density at radius 1 is 0.962 bits per heavy atom. The third-order valence-electron chi connectivity index (χ3n) is 11.8. The summed E-state index contributed by atoms with van der Waals surface area (Å²) >= 11 is 0. The maximum absolute atomic E-state index is 14.7. The molecule has 53 heavy (non-hydrogen) atoms. The fraction of sp³-hybridized carbons (Fsp3) is 0.718.